The van der Waals surface area contributed by atoms with Crippen LogP contribution >= 0.6 is 0 Å². The van der Waals surface area contributed by atoms with Gasteiger partial charge in [-0.05, 0) is 36.5 Å². The SMILES string of the molecule is CCCCCCCCCCC(C)(C)CCCCCCC1CC1C. The fourth-order valence-corrected chi connectivity index (χ4v) is 4.03. The third kappa shape index (κ3) is 12.1. The van der Waals surface area contributed by atoms with Gasteiger partial charge in [-0.1, -0.05) is 111 Å². The molecule has 0 spiro atoms. The van der Waals surface area contributed by atoms with Crippen molar-refractivity contribution in [3.8, 4) is 0 Å². The van der Waals surface area contributed by atoms with Gasteiger partial charge in [-0.3, -0.25) is 0 Å². The van der Waals surface area contributed by atoms with Crippen LogP contribution in [0.4, 0.5) is 0 Å². The van der Waals surface area contributed by atoms with Crippen LogP contribution in [0.5, 0.6) is 0 Å². The van der Waals surface area contributed by atoms with Gasteiger partial charge in [0.2, 0.25) is 0 Å². The number of rotatable bonds is 16. The van der Waals surface area contributed by atoms with Gasteiger partial charge in [-0.15, -0.1) is 0 Å². The standard InChI is InChI=1S/C23H46/c1-5-6-7-8-9-10-12-15-18-23(3,4)19-16-13-11-14-17-22-20-21(22)2/h21-22H,5-20H2,1-4H3. The maximum atomic E-state index is 2.50. The molecular formula is C23H46. The monoisotopic (exact) mass is 322 g/mol. The van der Waals surface area contributed by atoms with Crippen LogP contribution in [0.1, 0.15) is 130 Å². The summed E-state index contributed by atoms with van der Waals surface area (Å²) in [6.07, 6.45) is 23.4. The molecule has 1 aliphatic carbocycles. The van der Waals surface area contributed by atoms with E-state index in [9.17, 15) is 0 Å². The molecule has 0 aromatic rings. The molecule has 0 heteroatoms. The summed E-state index contributed by atoms with van der Waals surface area (Å²) in [5, 5.41) is 0. The summed E-state index contributed by atoms with van der Waals surface area (Å²) in [5.41, 5.74) is 0.590. The highest BCUT2D eigenvalue weighted by atomic mass is 14.4. The van der Waals surface area contributed by atoms with Crippen LogP contribution in [-0.2, 0) is 0 Å². The molecule has 0 bridgehead atoms. The van der Waals surface area contributed by atoms with Crippen molar-refractivity contribution in [3.63, 3.8) is 0 Å². The van der Waals surface area contributed by atoms with Gasteiger partial charge in [0.25, 0.3) is 0 Å². The van der Waals surface area contributed by atoms with E-state index in [1.54, 1.807) is 0 Å². The van der Waals surface area contributed by atoms with Crippen LogP contribution < -0.4 is 0 Å². The van der Waals surface area contributed by atoms with Crippen molar-refractivity contribution in [3.05, 3.63) is 0 Å². The lowest BCUT2D eigenvalue weighted by Gasteiger charge is -2.24. The first-order chi connectivity index (χ1) is 11.0. The molecule has 138 valence electrons. The van der Waals surface area contributed by atoms with E-state index < -0.39 is 0 Å². The second kappa shape index (κ2) is 12.4. The smallest absolute Gasteiger partial charge is 0.0354 e. The Hall–Kier alpha value is 0. The summed E-state index contributed by atoms with van der Waals surface area (Å²) >= 11 is 0. The molecule has 0 N–H and O–H groups in total. The molecule has 1 fully saturated rings. The average molecular weight is 323 g/mol. The minimum Gasteiger partial charge on any atom is -0.0654 e. The molecule has 23 heavy (non-hydrogen) atoms. The average Bonchev–Trinajstić information content (AvgIpc) is 3.21. The lowest BCUT2D eigenvalue weighted by atomic mass is 9.81. The van der Waals surface area contributed by atoms with Crippen LogP contribution in [0.15, 0.2) is 0 Å². The Labute approximate surface area is 148 Å². The van der Waals surface area contributed by atoms with Crippen molar-refractivity contribution in [2.75, 3.05) is 0 Å². The first-order valence-corrected chi connectivity index (χ1v) is 11.0. The lowest BCUT2D eigenvalue weighted by Crippen LogP contribution is -2.11. The van der Waals surface area contributed by atoms with Crippen molar-refractivity contribution >= 4 is 0 Å². The highest BCUT2D eigenvalue weighted by Gasteiger charge is 2.31. The summed E-state index contributed by atoms with van der Waals surface area (Å²) < 4.78 is 0. The summed E-state index contributed by atoms with van der Waals surface area (Å²) in [6, 6.07) is 0. The van der Waals surface area contributed by atoms with Crippen LogP contribution in [0, 0.1) is 17.3 Å². The van der Waals surface area contributed by atoms with Gasteiger partial charge in [0.05, 0.1) is 0 Å². The molecule has 0 nitrogen and oxygen atoms in total. The van der Waals surface area contributed by atoms with Crippen molar-refractivity contribution in [2.45, 2.75) is 130 Å². The molecule has 0 aliphatic heterocycles. The van der Waals surface area contributed by atoms with Crippen molar-refractivity contribution in [1.82, 2.24) is 0 Å². The molecule has 0 amide bonds. The molecule has 2 unspecified atom stereocenters. The van der Waals surface area contributed by atoms with Gasteiger partial charge in [0.1, 0.15) is 0 Å². The Kier molecular flexibility index (Phi) is 11.3. The lowest BCUT2D eigenvalue weighted by molar-refractivity contribution is 0.282. The zero-order chi connectivity index (χ0) is 17.0. The van der Waals surface area contributed by atoms with Crippen LogP contribution in [0.2, 0.25) is 0 Å². The quantitative estimate of drug-likeness (QED) is 0.250. The van der Waals surface area contributed by atoms with E-state index in [2.05, 4.69) is 27.7 Å². The Bertz CT molecular complexity index is 265. The highest BCUT2D eigenvalue weighted by Crippen LogP contribution is 2.41. The molecule has 1 aliphatic rings. The third-order valence-electron chi connectivity index (χ3n) is 6.16. The number of unbranched alkanes of at least 4 members (excludes halogenated alkanes) is 10. The maximum absolute atomic E-state index is 2.50. The van der Waals surface area contributed by atoms with E-state index in [-0.39, 0.29) is 0 Å². The number of hydrogen-bond acceptors (Lipinski definition) is 0. The van der Waals surface area contributed by atoms with E-state index in [1.807, 2.05) is 0 Å². The van der Waals surface area contributed by atoms with Gasteiger partial charge >= 0.3 is 0 Å². The van der Waals surface area contributed by atoms with Gasteiger partial charge in [0, 0.05) is 0 Å². The van der Waals surface area contributed by atoms with Crippen molar-refractivity contribution in [2.24, 2.45) is 17.3 Å². The predicted octanol–water partition coefficient (Wildman–Crippen LogP) is 8.54. The van der Waals surface area contributed by atoms with Gasteiger partial charge in [0.15, 0.2) is 0 Å². The maximum Gasteiger partial charge on any atom is -0.0354 e. The molecule has 0 radical (unpaired) electrons. The second-order valence-corrected chi connectivity index (χ2v) is 9.32. The summed E-state index contributed by atoms with van der Waals surface area (Å²) in [5.74, 6) is 2.16. The number of hydrogen-bond donors (Lipinski definition) is 0. The van der Waals surface area contributed by atoms with Crippen molar-refractivity contribution in [1.29, 1.82) is 0 Å². The minimum atomic E-state index is 0.590. The second-order valence-electron chi connectivity index (χ2n) is 9.32. The Balaban J connectivity index is 1.84. The Morgan fingerprint density at radius 2 is 1.13 bits per heavy atom. The topological polar surface area (TPSA) is 0 Å². The third-order valence-corrected chi connectivity index (χ3v) is 6.16. The van der Waals surface area contributed by atoms with Crippen LogP contribution in [0.25, 0.3) is 0 Å². The van der Waals surface area contributed by atoms with Crippen LogP contribution in [0.3, 0.4) is 0 Å². The molecule has 0 aromatic carbocycles. The molecule has 1 rings (SSSR count). The summed E-state index contributed by atoms with van der Waals surface area (Å²) in [4.78, 5) is 0. The predicted molar refractivity (Wildman–Crippen MR) is 106 cm³/mol. The molecule has 0 saturated heterocycles. The molecule has 1 saturated carbocycles. The van der Waals surface area contributed by atoms with E-state index in [4.69, 9.17) is 0 Å². The zero-order valence-corrected chi connectivity index (χ0v) is 17.0. The van der Waals surface area contributed by atoms with Crippen molar-refractivity contribution < 1.29 is 0 Å². The summed E-state index contributed by atoms with van der Waals surface area (Å²) in [7, 11) is 0. The van der Waals surface area contributed by atoms with Gasteiger partial charge in [-0.2, -0.15) is 0 Å². The molecule has 2 atom stereocenters. The molecule has 0 aromatic heterocycles. The molecule has 0 heterocycles. The first kappa shape index (κ1) is 21.0. The molecular weight excluding hydrogens is 276 g/mol. The summed E-state index contributed by atoms with van der Waals surface area (Å²) in [6.45, 7) is 9.72. The van der Waals surface area contributed by atoms with Gasteiger partial charge in [-0.25, -0.2) is 0 Å². The fraction of sp³-hybridized carbons (Fsp3) is 1.00. The Morgan fingerprint density at radius 3 is 1.61 bits per heavy atom. The van der Waals surface area contributed by atoms with E-state index in [1.165, 1.54) is 103 Å². The van der Waals surface area contributed by atoms with E-state index >= 15 is 0 Å². The van der Waals surface area contributed by atoms with E-state index in [0.29, 0.717) is 5.41 Å². The zero-order valence-electron chi connectivity index (χ0n) is 17.0. The largest absolute Gasteiger partial charge is 0.0654 e. The van der Waals surface area contributed by atoms with E-state index in [0.717, 1.165) is 11.8 Å². The normalized spacial score (nSPS) is 20.9. The fourth-order valence-electron chi connectivity index (χ4n) is 4.03. The van der Waals surface area contributed by atoms with Gasteiger partial charge < -0.3 is 0 Å². The minimum absolute atomic E-state index is 0.590. The first-order valence-electron chi connectivity index (χ1n) is 11.0. The highest BCUT2D eigenvalue weighted by molar-refractivity contribution is 4.81. The van der Waals surface area contributed by atoms with Crippen LogP contribution in [-0.4, -0.2) is 0 Å². The Morgan fingerprint density at radius 1 is 0.696 bits per heavy atom.